The number of fused-ring (bicyclic) bond motifs is 2. The van der Waals surface area contributed by atoms with Crippen LogP contribution in [0, 0.1) is 5.41 Å². The van der Waals surface area contributed by atoms with E-state index >= 15 is 0 Å². The van der Waals surface area contributed by atoms with Gasteiger partial charge in [-0.3, -0.25) is 4.79 Å². The minimum atomic E-state index is -0.470. The molecule has 2 saturated heterocycles. The molecule has 2 heterocycles. The standard InChI is InChI=1S/C11H20N2O2/c1-11(2,6-12)10(14)13-8-5-7-3-4-9(8)15-7/h7-9H,3-6,12H2,1-2H3,(H,13,14). The molecule has 86 valence electrons. The first kappa shape index (κ1) is 10.9. The summed E-state index contributed by atoms with van der Waals surface area (Å²) in [7, 11) is 0. The Labute approximate surface area is 90.5 Å². The van der Waals surface area contributed by atoms with Gasteiger partial charge in [0.15, 0.2) is 0 Å². The third kappa shape index (κ3) is 2.01. The first-order chi connectivity index (χ1) is 7.03. The lowest BCUT2D eigenvalue weighted by Gasteiger charge is -2.26. The van der Waals surface area contributed by atoms with Crippen LogP contribution in [0.4, 0.5) is 0 Å². The summed E-state index contributed by atoms with van der Waals surface area (Å²) in [5.74, 6) is 0.0474. The average Bonchev–Trinajstić information content (AvgIpc) is 2.79. The van der Waals surface area contributed by atoms with Gasteiger partial charge in [-0.05, 0) is 33.1 Å². The molecule has 2 aliphatic heterocycles. The van der Waals surface area contributed by atoms with Crippen molar-refractivity contribution in [1.29, 1.82) is 0 Å². The Morgan fingerprint density at radius 3 is 2.73 bits per heavy atom. The lowest BCUT2D eigenvalue weighted by atomic mass is 9.90. The quantitative estimate of drug-likeness (QED) is 0.712. The minimum Gasteiger partial charge on any atom is -0.373 e. The van der Waals surface area contributed by atoms with Crippen LogP contribution in [-0.4, -0.2) is 30.7 Å². The summed E-state index contributed by atoms with van der Waals surface area (Å²) < 4.78 is 5.69. The lowest BCUT2D eigenvalue weighted by molar-refractivity contribution is -0.130. The van der Waals surface area contributed by atoms with Crippen LogP contribution in [-0.2, 0) is 9.53 Å². The molecule has 0 saturated carbocycles. The predicted octanol–water partition coefficient (Wildman–Crippen LogP) is 0.407. The van der Waals surface area contributed by atoms with E-state index in [2.05, 4.69) is 5.32 Å². The summed E-state index contributed by atoms with van der Waals surface area (Å²) in [6.07, 6.45) is 3.82. The SMILES string of the molecule is CC(C)(CN)C(=O)NC1CC2CCC1O2. The molecule has 2 fully saturated rings. The van der Waals surface area contributed by atoms with E-state index in [1.807, 2.05) is 13.8 Å². The van der Waals surface area contributed by atoms with E-state index in [0.717, 1.165) is 19.3 Å². The summed E-state index contributed by atoms with van der Waals surface area (Å²) in [4.78, 5) is 11.9. The maximum atomic E-state index is 11.9. The molecule has 3 N–H and O–H groups in total. The maximum absolute atomic E-state index is 11.9. The van der Waals surface area contributed by atoms with E-state index in [-0.39, 0.29) is 18.1 Å². The molecule has 0 spiro atoms. The van der Waals surface area contributed by atoms with Crippen molar-refractivity contribution in [1.82, 2.24) is 5.32 Å². The summed E-state index contributed by atoms with van der Waals surface area (Å²) in [6, 6.07) is 0.210. The van der Waals surface area contributed by atoms with E-state index in [1.54, 1.807) is 0 Å². The van der Waals surface area contributed by atoms with Gasteiger partial charge in [-0.25, -0.2) is 0 Å². The Morgan fingerprint density at radius 2 is 2.27 bits per heavy atom. The predicted molar refractivity (Wildman–Crippen MR) is 57.3 cm³/mol. The van der Waals surface area contributed by atoms with Gasteiger partial charge < -0.3 is 15.8 Å². The highest BCUT2D eigenvalue weighted by atomic mass is 16.5. The number of ether oxygens (including phenoxy) is 1. The van der Waals surface area contributed by atoms with Gasteiger partial charge in [0, 0.05) is 6.54 Å². The number of hydrogen-bond donors (Lipinski definition) is 2. The second kappa shape index (κ2) is 3.76. The smallest absolute Gasteiger partial charge is 0.227 e. The zero-order valence-electron chi connectivity index (χ0n) is 9.45. The molecule has 0 aromatic carbocycles. The normalized spacial score (nSPS) is 34.5. The number of carbonyl (C=O) groups is 1. The minimum absolute atomic E-state index is 0.0474. The molecular formula is C11H20N2O2. The van der Waals surface area contributed by atoms with Crippen molar-refractivity contribution >= 4 is 5.91 Å². The summed E-state index contributed by atoms with van der Waals surface area (Å²) in [5, 5.41) is 3.06. The van der Waals surface area contributed by atoms with Gasteiger partial charge in [0.25, 0.3) is 0 Å². The van der Waals surface area contributed by atoms with Crippen LogP contribution in [0.15, 0.2) is 0 Å². The molecule has 4 nitrogen and oxygen atoms in total. The fraction of sp³-hybridized carbons (Fsp3) is 0.909. The molecule has 2 aliphatic rings. The van der Waals surface area contributed by atoms with Crippen molar-refractivity contribution in [3.63, 3.8) is 0 Å². The van der Waals surface area contributed by atoms with Gasteiger partial charge in [-0.2, -0.15) is 0 Å². The molecule has 1 amide bonds. The Hall–Kier alpha value is -0.610. The van der Waals surface area contributed by atoms with Crippen molar-refractivity contribution in [3.05, 3.63) is 0 Å². The molecule has 0 aromatic rings. The van der Waals surface area contributed by atoms with Crippen LogP contribution in [0.3, 0.4) is 0 Å². The van der Waals surface area contributed by atoms with Crippen molar-refractivity contribution in [2.75, 3.05) is 6.54 Å². The highest BCUT2D eigenvalue weighted by Crippen LogP contribution is 2.34. The molecule has 3 atom stereocenters. The third-order valence-corrected chi connectivity index (χ3v) is 3.55. The van der Waals surface area contributed by atoms with Gasteiger partial charge in [-0.1, -0.05) is 0 Å². The zero-order valence-corrected chi connectivity index (χ0v) is 9.45. The fourth-order valence-corrected chi connectivity index (χ4v) is 2.25. The van der Waals surface area contributed by atoms with Crippen LogP contribution >= 0.6 is 0 Å². The Morgan fingerprint density at radius 1 is 1.53 bits per heavy atom. The summed E-state index contributed by atoms with van der Waals surface area (Å²) in [6.45, 7) is 4.12. The van der Waals surface area contributed by atoms with E-state index in [9.17, 15) is 4.79 Å². The highest BCUT2D eigenvalue weighted by Gasteiger charge is 2.42. The van der Waals surface area contributed by atoms with Crippen molar-refractivity contribution < 1.29 is 9.53 Å². The topological polar surface area (TPSA) is 64.4 Å². The number of amides is 1. The van der Waals surface area contributed by atoms with E-state index in [0.29, 0.717) is 12.6 Å². The number of nitrogens with two attached hydrogens (primary N) is 1. The van der Waals surface area contributed by atoms with Gasteiger partial charge >= 0.3 is 0 Å². The highest BCUT2D eigenvalue weighted by molar-refractivity contribution is 5.82. The van der Waals surface area contributed by atoms with Gasteiger partial charge in [0.05, 0.1) is 23.7 Å². The second-order valence-corrected chi connectivity index (χ2v) is 5.28. The average molecular weight is 212 g/mol. The van der Waals surface area contributed by atoms with Crippen LogP contribution in [0.5, 0.6) is 0 Å². The van der Waals surface area contributed by atoms with Crippen LogP contribution in [0.1, 0.15) is 33.1 Å². The van der Waals surface area contributed by atoms with Crippen LogP contribution < -0.4 is 11.1 Å². The Bertz CT molecular complexity index is 265. The molecule has 0 aromatic heterocycles. The monoisotopic (exact) mass is 212 g/mol. The molecule has 3 unspecified atom stereocenters. The maximum Gasteiger partial charge on any atom is 0.227 e. The Balaban J connectivity index is 1.90. The summed E-state index contributed by atoms with van der Waals surface area (Å²) in [5.41, 5.74) is 5.09. The number of hydrogen-bond acceptors (Lipinski definition) is 3. The molecule has 2 rings (SSSR count). The first-order valence-corrected chi connectivity index (χ1v) is 5.69. The van der Waals surface area contributed by atoms with Crippen molar-refractivity contribution in [2.24, 2.45) is 11.1 Å². The number of nitrogens with one attached hydrogen (secondary N) is 1. The first-order valence-electron chi connectivity index (χ1n) is 5.69. The third-order valence-electron chi connectivity index (χ3n) is 3.55. The van der Waals surface area contributed by atoms with Gasteiger partial charge in [-0.15, -0.1) is 0 Å². The largest absolute Gasteiger partial charge is 0.373 e. The zero-order chi connectivity index (χ0) is 11.1. The fourth-order valence-electron chi connectivity index (χ4n) is 2.25. The van der Waals surface area contributed by atoms with Crippen LogP contribution in [0.2, 0.25) is 0 Å². The van der Waals surface area contributed by atoms with Gasteiger partial charge in [0.1, 0.15) is 0 Å². The molecule has 0 aliphatic carbocycles. The Kier molecular flexibility index (Phi) is 2.73. The van der Waals surface area contributed by atoms with E-state index in [4.69, 9.17) is 10.5 Å². The van der Waals surface area contributed by atoms with Crippen molar-refractivity contribution in [3.8, 4) is 0 Å². The van der Waals surface area contributed by atoms with Crippen LogP contribution in [0.25, 0.3) is 0 Å². The van der Waals surface area contributed by atoms with Gasteiger partial charge in [0.2, 0.25) is 5.91 Å². The molecule has 2 bridgehead atoms. The van der Waals surface area contributed by atoms with E-state index < -0.39 is 5.41 Å². The second-order valence-electron chi connectivity index (χ2n) is 5.28. The molecule has 15 heavy (non-hydrogen) atoms. The van der Waals surface area contributed by atoms with E-state index in [1.165, 1.54) is 0 Å². The molecule has 0 radical (unpaired) electrons. The molecular weight excluding hydrogens is 192 g/mol. The molecule has 4 heteroatoms. The summed E-state index contributed by atoms with van der Waals surface area (Å²) >= 11 is 0. The number of rotatable bonds is 3. The van der Waals surface area contributed by atoms with Crippen molar-refractivity contribution in [2.45, 2.75) is 51.4 Å². The lowest BCUT2D eigenvalue weighted by Crippen LogP contribution is -2.49. The number of carbonyl (C=O) groups excluding carboxylic acids is 1.